The molecule has 0 heterocycles. The molecule has 2 atom stereocenters. The summed E-state index contributed by atoms with van der Waals surface area (Å²) in [6.07, 6.45) is 0.981. The van der Waals surface area contributed by atoms with Crippen LogP contribution in [0.1, 0.15) is 25.0 Å². The van der Waals surface area contributed by atoms with Crippen molar-refractivity contribution in [1.29, 1.82) is 0 Å². The smallest absolute Gasteiger partial charge is 0.0614 e. The van der Waals surface area contributed by atoms with Crippen LogP contribution in [0.15, 0.2) is 24.3 Å². The second-order valence-corrected chi connectivity index (χ2v) is 4.74. The number of nitrogens with one attached hydrogen (secondary N) is 1. The van der Waals surface area contributed by atoms with Crippen molar-refractivity contribution in [1.82, 2.24) is 5.32 Å². The Balaban J connectivity index is 2.57. The van der Waals surface area contributed by atoms with Crippen LogP contribution in [0.5, 0.6) is 0 Å². The second kappa shape index (κ2) is 3.62. The highest BCUT2D eigenvalue weighted by atomic mass is 15.0. The SMILES string of the molecule is CNC1(C(C)C)c2ccccc2CC1N. The maximum atomic E-state index is 6.31. The molecule has 3 N–H and O–H groups in total. The Kier molecular flexibility index (Phi) is 2.57. The molecule has 82 valence electrons. The molecule has 2 rings (SSSR count). The average Bonchev–Trinajstić information content (AvgIpc) is 2.50. The van der Waals surface area contributed by atoms with E-state index in [4.69, 9.17) is 5.73 Å². The lowest BCUT2D eigenvalue weighted by Crippen LogP contribution is -2.55. The minimum atomic E-state index is -0.0450. The molecule has 0 amide bonds. The van der Waals surface area contributed by atoms with Gasteiger partial charge in [-0.25, -0.2) is 0 Å². The van der Waals surface area contributed by atoms with Crippen molar-refractivity contribution in [3.63, 3.8) is 0 Å². The Morgan fingerprint density at radius 2 is 2.07 bits per heavy atom. The van der Waals surface area contributed by atoms with Crippen LogP contribution >= 0.6 is 0 Å². The molecule has 1 aromatic rings. The molecular weight excluding hydrogens is 184 g/mol. The van der Waals surface area contributed by atoms with Gasteiger partial charge in [0.05, 0.1) is 5.54 Å². The summed E-state index contributed by atoms with van der Waals surface area (Å²) in [6.45, 7) is 4.47. The standard InChI is InChI=1S/C13H20N2/c1-9(2)13(15-3)11-7-5-4-6-10(11)8-12(13)14/h4-7,9,12,15H,8,14H2,1-3H3. The molecule has 2 unspecified atom stereocenters. The van der Waals surface area contributed by atoms with Gasteiger partial charge in [-0.1, -0.05) is 38.1 Å². The van der Waals surface area contributed by atoms with Crippen molar-refractivity contribution in [2.75, 3.05) is 7.05 Å². The first-order chi connectivity index (χ1) is 7.13. The number of benzene rings is 1. The number of nitrogens with two attached hydrogens (primary N) is 1. The third-order valence-electron chi connectivity index (χ3n) is 3.81. The quantitative estimate of drug-likeness (QED) is 0.768. The molecule has 1 aliphatic rings. The van der Waals surface area contributed by atoms with Crippen LogP contribution in [0.3, 0.4) is 0 Å². The maximum Gasteiger partial charge on any atom is 0.0614 e. The lowest BCUT2D eigenvalue weighted by molar-refractivity contribution is 0.224. The van der Waals surface area contributed by atoms with Gasteiger partial charge >= 0.3 is 0 Å². The Morgan fingerprint density at radius 3 is 2.67 bits per heavy atom. The highest BCUT2D eigenvalue weighted by Gasteiger charge is 2.45. The van der Waals surface area contributed by atoms with Gasteiger partial charge in [-0.2, -0.15) is 0 Å². The van der Waals surface area contributed by atoms with Gasteiger partial charge in [-0.15, -0.1) is 0 Å². The summed E-state index contributed by atoms with van der Waals surface area (Å²) in [5.41, 5.74) is 9.05. The van der Waals surface area contributed by atoms with Gasteiger partial charge in [-0.3, -0.25) is 0 Å². The Labute approximate surface area is 91.9 Å². The van der Waals surface area contributed by atoms with Crippen molar-refractivity contribution >= 4 is 0 Å². The highest BCUT2D eigenvalue weighted by Crippen LogP contribution is 2.40. The first-order valence-corrected chi connectivity index (χ1v) is 5.65. The van der Waals surface area contributed by atoms with Crippen LogP contribution in [0.2, 0.25) is 0 Å². The van der Waals surface area contributed by atoms with E-state index in [0.717, 1.165) is 6.42 Å². The van der Waals surface area contributed by atoms with Gasteiger partial charge in [0.2, 0.25) is 0 Å². The van der Waals surface area contributed by atoms with E-state index in [1.54, 1.807) is 0 Å². The summed E-state index contributed by atoms with van der Waals surface area (Å²) in [4.78, 5) is 0. The Morgan fingerprint density at radius 1 is 1.40 bits per heavy atom. The summed E-state index contributed by atoms with van der Waals surface area (Å²) in [5, 5.41) is 3.46. The number of likely N-dealkylation sites (N-methyl/N-ethyl adjacent to an activating group) is 1. The number of hydrogen-bond acceptors (Lipinski definition) is 2. The fraction of sp³-hybridized carbons (Fsp3) is 0.538. The number of fused-ring (bicyclic) bond motifs is 1. The van der Waals surface area contributed by atoms with E-state index in [1.807, 2.05) is 7.05 Å². The molecule has 0 saturated carbocycles. The summed E-state index contributed by atoms with van der Waals surface area (Å²) in [7, 11) is 2.02. The van der Waals surface area contributed by atoms with Crippen molar-refractivity contribution in [2.45, 2.75) is 31.8 Å². The molecule has 2 nitrogen and oxygen atoms in total. The molecule has 0 aromatic heterocycles. The van der Waals surface area contributed by atoms with Crippen molar-refractivity contribution < 1.29 is 0 Å². The van der Waals surface area contributed by atoms with Gasteiger partial charge in [0, 0.05) is 6.04 Å². The van der Waals surface area contributed by atoms with Crippen molar-refractivity contribution in [2.24, 2.45) is 11.7 Å². The van der Waals surface area contributed by atoms with Crippen LogP contribution in [0.4, 0.5) is 0 Å². The fourth-order valence-electron chi connectivity index (χ4n) is 3.05. The van der Waals surface area contributed by atoms with Gasteiger partial charge in [0.15, 0.2) is 0 Å². The fourth-order valence-corrected chi connectivity index (χ4v) is 3.05. The molecule has 0 saturated heterocycles. The summed E-state index contributed by atoms with van der Waals surface area (Å²) < 4.78 is 0. The molecule has 0 spiro atoms. The highest BCUT2D eigenvalue weighted by molar-refractivity contribution is 5.42. The second-order valence-electron chi connectivity index (χ2n) is 4.74. The first kappa shape index (κ1) is 10.7. The molecule has 0 bridgehead atoms. The maximum absolute atomic E-state index is 6.31. The topological polar surface area (TPSA) is 38.0 Å². The van der Waals surface area contributed by atoms with E-state index in [0.29, 0.717) is 5.92 Å². The molecular formula is C13H20N2. The lowest BCUT2D eigenvalue weighted by Gasteiger charge is -2.38. The van der Waals surface area contributed by atoms with Crippen LogP contribution < -0.4 is 11.1 Å². The third kappa shape index (κ3) is 1.32. The van der Waals surface area contributed by atoms with E-state index in [9.17, 15) is 0 Å². The molecule has 2 heteroatoms. The summed E-state index contributed by atoms with van der Waals surface area (Å²) in [5.74, 6) is 0.501. The number of hydrogen-bond donors (Lipinski definition) is 2. The minimum absolute atomic E-state index is 0.0450. The van der Waals surface area contributed by atoms with Gasteiger partial charge < -0.3 is 11.1 Å². The van der Waals surface area contributed by atoms with Gasteiger partial charge in [-0.05, 0) is 30.5 Å². The minimum Gasteiger partial charge on any atom is -0.326 e. The molecule has 0 fully saturated rings. The normalized spacial score (nSPS) is 29.5. The Hall–Kier alpha value is -0.860. The molecule has 1 aliphatic carbocycles. The van der Waals surface area contributed by atoms with E-state index in [-0.39, 0.29) is 11.6 Å². The zero-order valence-corrected chi connectivity index (χ0v) is 9.75. The zero-order valence-electron chi connectivity index (χ0n) is 9.75. The van der Waals surface area contributed by atoms with Crippen LogP contribution in [0, 0.1) is 5.92 Å². The van der Waals surface area contributed by atoms with Gasteiger partial charge in [0.1, 0.15) is 0 Å². The first-order valence-electron chi connectivity index (χ1n) is 5.65. The Bertz CT molecular complexity index is 359. The van der Waals surface area contributed by atoms with E-state index in [2.05, 4.69) is 43.4 Å². The van der Waals surface area contributed by atoms with E-state index in [1.165, 1.54) is 11.1 Å². The summed E-state index contributed by atoms with van der Waals surface area (Å²) >= 11 is 0. The predicted molar refractivity (Wildman–Crippen MR) is 63.7 cm³/mol. The van der Waals surface area contributed by atoms with E-state index >= 15 is 0 Å². The lowest BCUT2D eigenvalue weighted by atomic mass is 9.78. The summed E-state index contributed by atoms with van der Waals surface area (Å²) in [6, 6.07) is 8.78. The molecule has 15 heavy (non-hydrogen) atoms. The van der Waals surface area contributed by atoms with Crippen LogP contribution in [0.25, 0.3) is 0 Å². The molecule has 0 aliphatic heterocycles. The number of rotatable bonds is 2. The monoisotopic (exact) mass is 204 g/mol. The van der Waals surface area contributed by atoms with Crippen LogP contribution in [-0.2, 0) is 12.0 Å². The largest absolute Gasteiger partial charge is 0.326 e. The zero-order chi connectivity index (χ0) is 11.1. The van der Waals surface area contributed by atoms with Crippen molar-refractivity contribution in [3.05, 3.63) is 35.4 Å². The predicted octanol–water partition coefficient (Wildman–Crippen LogP) is 1.64. The van der Waals surface area contributed by atoms with Crippen LogP contribution in [-0.4, -0.2) is 13.1 Å². The molecule has 0 radical (unpaired) electrons. The van der Waals surface area contributed by atoms with Gasteiger partial charge in [0.25, 0.3) is 0 Å². The van der Waals surface area contributed by atoms with E-state index < -0.39 is 0 Å². The third-order valence-corrected chi connectivity index (χ3v) is 3.81. The average molecular weight is 204 g/mol. The molecule has 1 aromatic carbocycles. The van der Waals surface area contributed by atoms with Crippen molar-refractivity contribution in [3.8, 4) is 0 Å².